The van der Waals surface area contributed by atoms with Gasteiger partial charge in [-0.05, 0) is 89.9 Å². The van der Waals surface area contributed by atoms with E-state index in [0.29, 0.717) is 19.3 Å². The van der Waals surface area contributed by atoms with Gasteiger partial charge in [0.1, 0.15) is 6.10 Å². The Kier molecular flexibility index (Phi) is 50.1. The van der Waals surface area contributed by atoms with E-state index in [-0.39, 0.29) is 24.9 Å². The Morgan fingerprint density at radius 3 is 1.31 bits per heavy atom. The van der Waals surface area contributed by atoms with Crippen LogP contribution in [0, 0.1) is 0 Å². The average Bonchev–Trinajstić information content (AvgIpc) is 3.30. The van der Waals surface area contributed by atoms with Crippen LogP contribution in [0.5, 0.6) is 0 Å². The molecule has 0 aromatic heterocycles. The Bertz CT molecular complexity index is 1200. The molecule has 3 atom stereocenters. The summed E-state index contributed by atoms with van der Waals surface area (Å²) in [4.78, 5) is 26.2. The smallest absolute Gasteiger partial charge is 0.306 e. The quantitative estimate of drug-likeness (QED) is 0.0321. The second-order valence-electron chi connectivity index (χ2n) is 18.6. The summed E-state index contributed by atoms with van der Waals surface area (Å²) in [6.45, 7) is 6.36. The lowest BCUT2D eigenvalue weighted by Gasteiger charge is -2.24. The van der Waals surface area contributed by atoms with Crippen molar-refractivity contribution in [2.75, 3.05) is 6.61 Å². The molecule has 0 fully saturated rings. The zero-order chi connectivity index (χ0) is 47.4. The van der Waals surface area contributed by atoms with Gasteiger partial charge in [0.05, 0.1) is 25.2 Å². The first-order valence-electron chi connectivity index (χ1n) is 27.7. The van der Waals surface area contributed by atoms with Gasteiger partial charge in [0, 0.05) is 6.42 Å². The maximum atomic E-state index is 13.2. The van der Waals surface area contributed by atoms with E-state index in [1.54, 1.807) is 0 Å². The summed E-state index contributed by atoms with van der Waals surface area (Å²) in [5, 5.41) is 23.8. The number of esters is 1. The van der Waals surface area contributed by atoms with Crippen LogP contribution in [0.15, 0.2) is 72.9 Å². The number of aliphatic hydroxyl groups excluding tert-OH is 2. The van der Waals surface area contributed by atoms with Crippen molar-refractivity contribution in [3.8, 4) is 0 Å². The van der Waals surface area contributed by atoms with E-state index in [1.165, 1.54) is 122 Å². The maximum Gasteiger partial charge on any atom is 0.306 e. The van der Waals surface area contributed by atoms with E-state index in [2.05, 4.69) is 99.0 Å². The fourth-order valence-electron chi connectivity index (χ4n) is 8.10. The zero-order valence-electron chi connectivity index (χ0n) is 42.9. The topological polar surface area (TPSA) is 95.9 Å². The molecule has 65 heavy (non-hydrogen) atoms. The highest BCUT2D eigenvalue weighted by atomic mass is 16.5. The van der Waals surface area contributed by atoms with Gasteiger partial charge in [-0.3, -0.25) is 9.59 Å². The summed E-state index contributed by atoms with van der Waals surface area (Å²) in [7, 11) is 0. The van der Waals surface area contributed by atoms with Crippen LogP contribution >= 0.6 is 0 Å². The summed E-state index contributed by atoms with van der Waals surface area (Å²) in [5.74, 6) is -0.539. The molecule has 0 aliphatic carbocycles. The van der Waals surface area contributed by atoms with Crippen molar-refractivity contribution in [3.63, 3.8) is 0 Å². The van der Waals surface area contributed by atoms with E-state index in [4.69, 9.17) is 4.74 Å². The van der Waals surface area contributed by atoms with Crippen LogP contribution in [-0.4, -0.2) is 46.9 Å². The fraction of sp³-hybridized carbons (Fsp3) is 0.763. The van der Waals surface area contributed by atoms with Crippen molar-refractivity contribution in [2.24, 2.45) is 0 Å². The van der Waals surface area contributed by atoms with Crippen molar-refractivity contribution in [2.45, 2.75) is 283 Å². The number of rotatable bonds is 49. The third-order valence-corrected chi connectivity index (χ3v) is 12.3. The standard InChI is InChI=1S/C59H105NO5/c1-4-7-10-13-16-19-22-25-27-28-29-30-32-34-37-40-43-46-49-52-59(64)65-55(50-47-44-41-38-35-24-21-18-15-12-9-6-3)53-58(63)60-56(54-61)57(62)51-48-45-42-39-36-33-31-26-23-20-17-14-11-8-5-2/h7,10,16,19,25,27,29-30,34,37-38,41,55-57,61-62H,4-6,8-9,11-15,17-18,20-24,26,28,31-33,35-36,39-40,42-54H2,1-3H3,(H,60,63)/b10-7-,19-16-,27-25-,30-29-,37-34-,41-38-. The van der Waals surface area contributed by atoms with Crippen molar-refractivity contribution in [1.82, 2.24) is 5.32 Å². The number of aliphatic hydroxyl groups is 2. The van der Waals surface area contributed by atoms with Crippen molar-refractivity contribution < 1.29 is 24.5 Å². The third kappa shape index (κ3) is 47.6. The van der Waals surface area contributed by atoms with E-state index in [1.807, 2.05) is 0 Å². The summed E-state index contributed by atoms with van der Waals surface area (Å²) < 4.78 is 5.91. The van der Waals surface area contributed by atoms with E-state index >= 15 is 0 Å². The Hall–Kier alpha value is -2.70. The number of ether oxygens (including phenoxy) is 1. The average molecular weight is 908 g/mol. The Labute approximate surface area is 402 Å². The molecule has 0 spiro atoms. The minimum atomic E-state index is -0.803. The van der Waals surface area contributed by atoms with Gasteiger partial charge in [0.2, 0.25) is 5.91 Å². The molecule has 6 nitrogen and oxygen atoms in total. The molecule has 0 bridgehead atoms. The van der Waals surface area contributed by atoms with Gasteiger partial charge in [0.15, 0.2) is 0 Å². The molecule has 0 aromatic rings. The first kappa shape index (κ1) is 62.3. The van der Waals surface area contributed by atoms with Crippen LogP contribution in [0.1, 0.15) is 265 Å². The van der Waals surface area contributed by atoms with Crippen LogP contribution in [0.25, 0.3) is 0 Å². The van der Waals surface area contributed by atoms with E-state index < -0.39 is 18.2 Å². The first-order valence-corrected chi connectivity index (χ1v) is 27.7. The Balaban J connectivity index is 4.60. The molecule has 0 saturated carbocycles. The number of carbonyl (C=O) groups is 2. The summed E-state index contributed by atoms with van der Waals surface area (Å²) >= 11 is 0. The molecule has 0 aliphatic rings. The molecule has 6 heteroatoms. The highest BCUT2D eigenvalue weighted by Crippen LogP contribution is 2.17. The first-order chi connectivity index (χ1) is 32.0. The van der Waals surface area contributed by atoms with Gasteiger partial charge >= 0.3 is 5.97 Å². The number of hydrogen-bond donors (Lipinski definition) is 3. The van der Waals surface area contributed by atoms with Crippen LogP contribution < -0.4 is 5.32 Å². The van der Waals surface area contributed by atoms with Gasteiger partial charge in [0.25, 0.3) is 0 Å². The molecular formula is C59H105NO5. The molecule has 0 radical (unpaired) electrons. The van der Waals surface area contributed by atoms with Crippen LogP contribution in [0.4, 0.5) is 0 Å². The highest BCUT2D eigenvalue weighted by Gasteiger charge is 2.24. The second kappa shape index (κ2) is 52.3. The lowest BCUT2D eigenvalue weighted by Crippen LogP contribution is -2.46. The maximum absolute atomic E-state index is 13.2. The highest BCUT2D eigenvalue weighted by molar-refractivity contribution is 5.77. The lowest BCUT2D eigenvalue weighted by molar-refractivity contribution is -0.151. The number of amides is 1. The molecule has 376 valence electrons. The number of carbonyl (C=O) groups excluding carboxylic acids is 2. The molecule has 1 amide bonds. The number of unbranched alkanes of at least 4 members (excludes halogenated alkanes) is 25. The third-order valence-electron chi connectivity index (χ3n) is 12.3. The predicted octanol–water partition coefficient (Wildman–Crippen LogP) is 17.0. The van der Waals surface area contributed by atoms with Crippen molar-refractivity contribution in [3.05, 3.63) is 72.9 Å². The SMILES string of the molecule is CC/C=C\C/C=C\C/C=C\C/C=C\C/C=C\CCCCCC(=O)OC(CCC/C=C\CCCCCCCCC)CC(=O)NC(CO)C(O)CCCCCCCCCCCCCCCCC. The Morgan fingerprint density at radius 1 is 0.462 bits per heavy atom. The normalized spacial score (nSPS) is 13.7. The van der Waals surface area contributed by atoms with Gasteiger partial charge < -0.3 is 20.3 Å². The molecule has 0 saturated heterocycles. The number of hydrogen-bond acceptors (Lipinski definition) is 5. The zero-order valence-corrected chi connectivity index (χ0v) is 42.9. The molecule has 0 aliphatic heterocycles. The van der Waals surface area contributed by atoms with Crippen molar-refractivity contribution in [1.29, 1.82) is 0 Å². The van der Waals surface area contributed by atoms with Crippen LogP contribution in [-0.2, 0) is 14.3 Å². The molecule has 3 unspecified atom stereocenters. The van der Waals surface area contributed by atoms with Gasteiger partial charge in [-0.2, -0.15) is 0 Å². The van der Waals surface area contributed by atoms with Gasteiger partial charge in [-0.15, -0.1) is 0 Å². The van der Waals surface area contributed by atoms with Gasteiger partial charge in [-0.1, -0.05) is 235 Å². The second-order valence-corrected chi connectivity index (χ2v) is 18.6. The summed E-state index contributed by atoms with van der Waals surface area (Å²) in [5.41, 5.74) is 0. The molecular weight excluding hydrogens is 803 g/mol. The number of allylic oxidation sites excluding steroid dienone is 12. The predicted molar refractivity (Wildman–Crippen MR) is 282 cm³/mol. The van der Waals surface area contributed by atoms with Crippen molar-refractivity contribution >= 4 is 11.9 Å². The summed E-state index contributed by atoms with van der Waals surface area (Å²) in [6, 6.07) is -0.719. The summed E-state index contributed by atoms with van der Waals surface area (Å²) in [6.07, 6.45) is 66.8. The molecule has 0 aromatic carbocycles. The van der Waals surface area contributed by atoms with E-state index in [0.717, 1.165) is 96.3 Å². The molecule has 3 N–H and O–H groups in total. The lowest BCUT2D eigenvalue weighted by atomic mass is 10.0. The monoisotopic (exact) mass is 908 g/mol. The molecule has 0 rings (SSSR count). The van der Waals surface area contributed by atoms with E-state index in [9.17, 15) is 19.8 Å². The van der Waals surface area contributed by atoms with Crippen LogP contribution in [0.3, 0.4) is 0 Å². The Morgan fingerprint density at radius 2 is 0.846 bits per heavy atom. The fourth-order valence-corrected chi connectivity index (χ4v) is 8.10. The minimum absolute atomic E-state index is 0.0414. The van der Waals surface area contributed by atoms with Gasteiger partial charge in [-0.25, -0.2) is 0 Å². The largest absolute Gasteiger partial charge is 0.462 e. The minimum Gasteiger partial charge on any atom is -0.462 e. The molecule has 0 heterocycles. The number of nitrogens with one attached hydrogen (secondary N) is 1. The van der Waals surface area contributed by atoms with Crippen LogP contribution in [0.2, 0.25) is 0 Å².